The third-order valence-electron chi connectivity index (χ3n) is 11.5. The van der Waals surface area contributed by atoms with E-state index in [1.54, 1.807) is 4.90 Å². The number of carbonyl (C=O) groups excluding carboxylic acids is 3. The Morgan fingerprint density at radius 2 is 1.20 bits per heavy atom. The number of hydrogen-bond donors (Lipinski definition) is 3. The molecule has 0 saturated carbocycles. The van der Waals surface area contributed by atoms with Crippen LogP contribution in [0.25, 0.3) is 33.6 Å². The summed E-state index contributed by atoms with van der Waals surface area (Å²) in [5, 5.41) is 2.72. The summed E-state index contributed by atoms with van der Waals surface area (Å²) in [4.78, 5) is 62.2. The Morgan fingerprint density at radius 3 is 1.75 bits per heavy atom. The van der Waals surface area contributed by atoms with Crippen molar-refractivity contribution >= 4 is 17.9 Å². The van der Waals surface area contributed by atoms with Gasteiger partial charge in [-0.05, 0) is 86.5 Å². The summed E-state index contributed by atoms with van der Waals surface area (Å²) in [6, 6.07) is 24.9. The molecule has 3 atom stereocenters. The molecule has 0 bridgehead atoms. The van der Waals surface area contributed by atoms with Crippen LogP contribution in [0.2, 0.25) is 0 Å². The van der Waals surface area contributed by atoms with Gasteiger partial charge in [0, 0.05) is 19.0 Å². The number of aromatic nitrogens is 4. The number of likely N-dealkylation sites (tertiary alicyclic amines) is 3. The van der Waals surface area contributed by atoms with Crippen molar-refractivity contribution in [1.29, 1.82) is 0 Å². The van der Waals surface area contributed by atoms with Crippen molar-refractivity contribution in [2.24, 2.45) is 5.92 Å². The minimum absolute atomic E-state index is 0.00608. The number of aromatic amines is 2. The molecule has 0 spiro atoms. The molecule has 55 heavy (non-hydrogen) atoms. The van der Waals surface area contributed by atoms with Gasteiger partial charge in [0.1, 0.15) is 17.7 Å². The lowest BCUT2D eigenvalue weighted by Gasteiger charge is -2.32. The van der Waals surface area contributed by atoms with E-state index in [9.17, 15) is 14.4 Å². The zero-order chi connectivity index (χ0) is 37.9. The van der Waals surface area contributed by atoms with E-state index in [0.717, 1.165) is 103 Å². The van der Waals surface area contributed by atoms with Crippen molar-refractivity contribution in [3.05, 3.63) is 108 Å². The molecule has 284 valence electrons. The van der Waals surface area contributed by atoms with Crippen LogP contribution in [0.1, 0.15) is 73.9 Å². The lowest BCUT2D eigenvalue weighted by molar-refractivity contribution is -0.138. The normalized spacial score (nSPS) is 19.7. The molecule has 3 fully saturated rings. The smallest absolute Gasteiger partial charge is 0.407 e. The Balaban J connectivity index is 0.919. The van der Waals surface area contributed by atoms with Gasteiger partial charge in [-0.2, -0.15) is 0 Å². The molecule has 5 aromatic rings. The highest BCUT2D eigenvalue weighted by Gasteiger charge is 2.38. The van der Waals surface area contributed by atoms with Crippen LogP contribution in [0, 0.1) is 5.92 Å². The summed E-state index contributed by atoms with van der Waals surface area (Å²) in [6.07, 6.45) is 8.44. The standard InChI is InChI=1S/C43H48N8O4/c1-49-24-20-33(21-25-49)41(52)50-22-6-10-36(50)39-44-26-34(46-39)30-16-12-28(13-17-30)29-14-18-31(19-15-29)35-27-45-40(47-35)37-11-7-23-51(37)42(53)38(48-43(54)55-2)32-8-4-3-5-9-32/h3-5,8-9,12-19,26-27,33,36-38H,6-7,10-11,20-25H2,1-2H3,(H,44,46)(H,45,47)(H,48,54)/t36-,37-,38+/m0/s1. The molecule has 3 aliphatic rings. The van der Waals surface area contributed by atoms with E-state index in [2.05, 4.69) is 80.7 Å². The van der Waals surface area contributed by atoms with Crippen LogP contribution >= 0.6 is 0 Å². The molecule has 5 heterocycles. The van der Waals surface area contributed by atoms with Gasteiger partial charge < -0.3 is 34.7 Å². The fourth-order valence-corrected chi connectivity index (χ4v) is 8.39. The first-order valence-electron chi connectivity index (χ1n) is 19.4. The SMILES string of the molecule is COC(=O)N[C@@H](C(=O)N1CCC[C@H]1c1ncc(-c2ccc(-c3ccc(-c4cnc([C@@H]5CCCN5C(=O)C5CCN(C)CC5)[nH]4)cc3)cc2)[nH]1)c1ccccc1. The minimum Gasteiger partial charge on any atom is -0.453 e. The van der Waals surface area contributed by atoms with Crippen molar-refractivity contribution in [2.45, 2.75) is 56.7 Å². The van der Waals surface area contributed by atoms with Crippen LogP contribution in [-0.4, -0.2) is 92.9 Å². The van der Waals surface area contributed by atoms with E-state index in [1.807, 2.05) is 42.7 Å². The highest BCUT2D eigenvalue weighted by molar-refractivity contribution is 5.87. The molecular weight excluding hydrogens is 693 g/mol. The molecule has 8 rings (SSSR count). The van der Waals surface area contributed by atoms with Crippen LogP contribution < -0.4 is 5.32 Å². The zero-order valence-electron chi connectivity index (χ0n) is 31.4. The number of methoxy groups -OCH3 is 1. The average molecular weight is 741 g/mol. The van der Waals surface area contributed by atoms with Crippen molar-refractivity contribution in [2.75, 3.05) is 40.3 Å². The molecule has 3 N–H and O–H groups in total. The maximum Gasteiger partial charge on any atom is 0.407 e. The number of hydrogen-bond acceptors (Lipinski definition) is 7. The fourth-order valence-electron chi connectivity index (χ4n) is 8.39. The lowest BCUT2D eigenvalue weighted by Crippen LogP contribution is -2.42. The minimum atomic E-state index is -0.865. The molecule has 3 aromatic carbocycles. The van der Waals surface area contributed by atoms with E-state index in [1.165, 1.54) is 7.11 Å². The summed E-state index contributed by atoms with van der Waals surface area (Å²) >= 11 is 0. The van der Waals surface area contributed by atoms with Gasteiger partial charge >= 0.3 is 6.09 Å². The monoisotopic (exact) mass is 740 g/mol. The van der Waals surface area contributed by atoms with Crippen LogP contribution in [0.15, 0.2) is 91.3 Å². The number of amides is 3. The molecule has 12 nitrogen and oxygen atoms in total. The Labute approximate surface area is 321 Å². The van der Waals surface area contributed by atoms with Gasteiger partial charge in [-0.3, -0.25) is 9.59 Å². The zero-order valence-corrected chi connectivity index (χ0v) is 31.4. The predicted molar refractivity (Wildman–Crippen MR) is 209 cm³/mol. The van der Waals surface area contributed by atoms with E-state index < -0.39 is 12.1 Å². The Kier molecular flexibility index (Phi) is 10.5. The quantitative estimate of drug-likeness (QED) is 0.149. The van der Waals surface area contributed by atoms with Crippen LogP contribution in [-0.2, 0) is 14.3 Å². The van der Waals surface area contributed by atoms with Crippen molar-refractivity contribution in [1.82, 2.24) is 40.0 Å². The van der Waals surface area contributed by atoms with Crippen molar-refractivity contribution < 1.29 is 19.1 Å². The summed E-state index contributed by atoms with van der Waals surface area (Å²) in [5.41, 5.74) is 6.73. The molecule has 3 saturated heterocycles. The first kappa shape index (κ1) is 36.2. The van der Waals surface area contributed by atoms with Gasteiger partial charge in [0.05, 0.1) is 43.0 Å². The predicted octanol–water partition coefficient (Wildman–Crippen LogP) is 6.90. The first-order valence-corrected chi connectivity index (χ1v) is 19.4. The van der Waals surface area contributed by atoms with Gasteiger partial charge in [0.15, 0.2) is 0 Å². The first-order chi connectivity index (χ1) is 26.9. The second-order valence-corrected chi connectivity index (χ2v) is 15.0. The molecular formula is C43H48N8O4. The maximum atomic E-state index is 13.9. The topological polar surface area (TPSA) is 140 Å². The van der Waals surface area contributed by atoms with Gasteiger partial charge in [0.25, 0.3) is 5.91 Å². The van der Waals surface area contributed by atoms with Crippen LogP contribution in [0.4, 0.5) is 4.79 Å². The Bertz CT molecular complexity index is 2100. The summed E-state index contributed by atoms with van der Waals surface area (Å²) in [5.74, 6) is 1.79. The second-order valence-electron chi connectivity index (χ2n) is 15.0. The van der Waals surface area contributed by atoms with Crippen molar-refractivity contribution in [3.8, 4) is 33.6 Å². The fraction of sp³-hybridized carbons (Fsp3) is 0.372. The van der Waals surface area contributed by atoms with Crippen molar-refractivity contribution in [3.63, 3.8) is 0 Å². The third kappa shape index (κ3) is 7.64. The number of rotatable bonds is 9. The molecule has 0 radical (unpaired) electrons. The molecule has 12 heteroatoms. The van der Waals surface area contributed by atoms with Crippen LogP contribution in [0.5, 0.6) is 0 Å². The number of ether oxygens (including phenoxy) is 1. The average Bonchev–Trinajstić information content (AvgIpc) is 4.07. The van der Waals surface area contributed by atoms with E-state index in [0.29, 0.717) is 12.1 Å². The number of imidazole rings is 2. The molecule has 0 unspecified atom stereocenters. The highest BCUT2D eigenvalue weighted by atomic mass is 16.5. The number of carbonyl (C=O) groups is 3. The summed E-state index contributed by atoms with van der Waals surface area (Å²) < 4.78 is 4.83. The van der Waals surface area contributed by atoms with Gasteiger partial charge in [-0.25, -0.2) is 14.8 Å². The molecule has 3 aliphatic heterocycles. The van der Waals surface area contributed by atoms with E-state index in [-0.39, 0.29) is 29.8 Å². The molecule has 0 aliphatic carbocycles. The van der Waals surface area contributed by atoms with E-state index >= 15 is 0 Å². The second kappa shape index (κ2) is 15.9. The Hall–Kier alpha value is -5.75. The number of benzene rings is 3. The number of alkyl carbamates (subject to hydrolysis) is 1. The number of H-pyrrole nitrogens is 2. The number of nitrogens with one attached hydrogen (secondary N) is 3. The van der Waals surface area contributed by atoms with Gasteiger partial charge in [-0.1, -0.05) is 78.9 Å². The number of piperidine rings is 1. The highest BCUT2D eigenvalue weighted by Crippen LogP contribution is 2.36. The van der Waals surface area contributed by atoms with Gasteiger partial charge in [0.2, 0.25) is 5.91 Å². The molecule has 2 aromatic heterocycles. The van der Waals surface area contributed by atoms with Crippen LogP contribution in [0.3, 0.4) is 0 Å². The largest absolute Gasteiger partial charge is 0.453 e. The third-order valence-corrected chi connectivity index (χ3v) is 11.5. The summed E-state index contributed by atoms with van der Waals surface area (Å²) in [7, 11) is 3.41. The molecule has 3 amide bonds. The maximum absolute atomic E-state index is 13.9. The van der Waals surface area contributed by atoms with Gasteiger partial charge in [-0.15, -0.1) is 0 Å². The summed E-state index contributed by atoms with van der Waals surface area (Å²) in [6.45, 7) is 3.33. The lowest BCUT2D eigenvalue weighted by atomic mass is 9.95. The van der Waals surface area contributed by atoms with E-state index in [4.69, 9.17) is 14.7 Å². The number of nitrogens with zero attached hydrogens (tertiary/aromatic N) is 5. The Morgan fingerprint density at radius 1 is 0.691 bits per heavy atom.